The third-order valence-electron chi connectivity index (χ3n) is 5.48. The number of nitrogens with one attached hydrogen (secondary N) is 1. The predicted molar refractivity (Wildman–Crippen MR) is 135 cm³/mol. The largest absolute Gasteiger partial charge is 0.497 e. The van der Waals surface area contributed by atoms with Crippen LogP contribution in [0.1, 0.15) is 21.5 Å². The first-order valence-corrected chi connectivity index (χ1v) is 11.2. The molecule has 6 heteroatoms. The molecule has 5 nitrogen and oxygen atoms in total. The first kappa shape index (κ1) is 23.7. The van der Waals surface area contributed by atoms with Crippen molar-refractivity contribution in [3.8, 4) is 5.75 Å². The fourth-order valence-corrected chi connectivity index (χ4v) is 3.69. The molecule has 35 heavy (non-hydrogen) atoms. The number of anilines is 2. The summed E-state index contributed by atoms with van der Waals surface area (Å²) < 4.78 is 18.6. The van der Waals surface area contributed by atoms with E-state index < -0.39 is 0 Å². The molecule has 4 aromatic carbocycles. The highest BCUT2D eigenvalue weighted by atomic mass is 19.1. The van der Waals surface area contributed by atoms with E-state index in [0.717, 1.165) is 11.1 Å². The standard InChI is InChI=1S/C29H25FN2O3/c1-35-27-16-14-25(15-17-27)31-28(33)19-22-6-5-9-26(18-22)32(20-21-10-12-24(30)13-11-21)29(34)23-7-3-2-4-8-23/h2-18H,19-20H2,1H3,(H,31,33). The molecule has 0 unspecified atom stereocenters. The lowest BCUT2D eigenvalue weighted by Gasteiger charge is -2.24. The summed E-state index contributed by atoms with van der Waals surface area (Å²) in [7, 11) is 1.59. The highest BCUT2D eigenvalue weighted by Gasteiger charge is 2.19. The summed E-state index contributed by atoms with van der Waals surface area (Å²) in [5.74, 6) is 0.0149. The van der Waals surface area contributed by atoms with Crippen molar-refractivity contribution in [3.05, 3.63) is 126 Å². The zero-order valence-corrected chi connectivity index (χ0v) is 19.3. The molecule has 4 rings (SSSR count). The Morgan fingerprint density at radius 1 is 0.829 bits per heavy atom. The first-order valence-electron chi connectivity index (χ1n) is 11.2. The highest BCUT2D eigenvalue weighted by molar-refractivity contribution is 6.06. The van der Waals surface area contributed by atoms with E-state index in [1.54, 1.807) is 60.5 Å². The van der Waals surface area contributed by atoms with E-state index in [1.165, 1.54) is 12.1 Å². The van der Waals surface area contributed by atoms with Crippen LogP contribution in [-0.2, 0) is 17.8 Å². The minimum Gasteiger partial charge on any atom is -0.497 e. The van der Waals surface area contributed by atoms with Gasteiger partial charge in [0.25, 0.3) is 5.91 Å². The zero-order chi connectivity index (χ0) is 24.6. The number of hydrogen-bond acceptors (Lipinski definition) is 3. The molecule has 0 bridgehead atoms. The number of hydrogen-bond donors (Lipinski definition) is 1. The Labute approximate surface area is 203 Å². The normalized spacial score (nSPS) is 10.5. The van der Waals surface area contributed by atoms with Crippen molar-refractivity contribution in [3.63, 3.8) is 0 Å². The van der Waals surface area contributed by atoms with Crippen molar-refractivity contribution >= 4 is 23.2 Å². The third-order valence-corrected chi connectivity index (χ3v) is 5.48. The number of methoxy groups -OCH3 is 1. The molecule has 0 aliphatic rings. The number of benzene rings is 4. The van der Waals surface area contributed by atoms with E-state index in [9.17, 15) is 14.0 Å². The summed E-state index contributed by atoms with van der Waals surface area (Å²) in [6, 6.07) is 29.5. The van der Waals surface area contributed by atoms with Gasteiger partial charge in [0, 0.05) is 16.9 Å². The van der Waals surface area contributed by atoms with Crippen LogP contribution < -0.4 is 15.0 Å². The summed E-state index contributed by atoms with van der Waals surface area (Å²) >= 11 is 0. The molecular formula is C29H25FN2O3. The molecule has 0 atom stereocenters. The molecule has 1 N–H and O–H groups in total. The quantitative estimate of drug-likeness (QED) is 0.352. The van der Waals surface area contributed by atoms with E-state index in [-0.39, 0.29) is 30.6 Å². The second-order valence-electron chi connectivity index (χ2n) is 8.01. The molecule has 0 radical (unpaired) electrons. The van der Waals surface area contributed by atoms with Gasteiger partial charge in [0.1, 0.15) is 11.6 Å². The Morgan fingerprint density at radius 3 is 2.23 bits per heavy atom. The molecular weight excluding hydrogens is 443 g/mol. The van der Waals surface area contributed by atoms with Crippen LogP contribution >= 0.6 is 0 Å². The monoisotopic (exact) mass is 468 g/mol. The number of rotatable bonds is 8. The lowest BCUT2D eigenvalue weighted by Crippen LogP contribution is -2.30. The summed E-state index contributed by atoms with van der Waals surface area (Å²) in [6.45, 7) is 0.259. The average Bonchev–Trinajstić information content (AvgIpc) is 2.89. The Hall–Kier alpha value is -4.45. The van der Waals surface area contributed by atoms with Crippen LogP contribution in [0.15, 0.2) is 103 Å². The maximum absolute atomic E-state index is 13.4. The second-order valence-corrected chi connectivity index (χ2v) is 8.01. The fraction of sp³-hybridized carbons (Fsp3) is 0.103. The molecule has 4 aromatic rings. The highest BCUT2D eigenvalue weighted by Crippen LogP contribution is 2.23. The van der Waals surface area contributed by atoms with E-state index in [2.05, 4.69) is 5.32 Å². The van der Waals surface area contributed by atoms with Gasteiger partial charge < -0.3 is 15.0 Å². The molecule has 0 aliphatic carbocycles. The van der Waals surface area contributed by atoms with Gasteiger partial charge in [-0.3, -0.25) is 9.59 Å². The van der Waals surface area contributed by atoms with Gasteiger partial charge in [-0.2, -0.15) is 0 Å². The molecule has 2 amide bonds. The molecule has 0 spiro atoms. The lowest BCUT2D eigenvalue weighted by molar-refractivity contribution is -0.115. The van der Waals surface area contributed by atoms with Crippen LogP contribution in [0.25, 0.3) is 0 Å². The Balaban J connectivity index is 1.55. The predicted octanol–water partition coefficient (Wildman–Crippen LogP) is 5.86. The molecule has 0 fully saturated rings. The summed E-state index contributed by atoms with van der Waals surface area (Å²) in [6.07, 6.45) is 0.143. The Morgan fingerprint density at radius 2 is 1.54 bits per heavy atom. The number of ether oxygens (including phenoxy) is 1. The van der Waals surface area contributed by atoms with Crippen molar-refractivity contribution in [2.45, 2.75) is 13.0 Å². The van der Waals surface area contributed by atoms with Crippen molar-refractivity contribution in [1.82, 2.24) is 0 Å². The minimum atomic E-state index is -0.334. The molecule has 0 aliphatic heterocycles. The van der Waals surface area contributed by atoms with Crippen LogP contribution in [-0.4, -0.2) is 18.9 Å². The van der Waals surface area contributed by atoms with E-state index >= 15 is 0 Å². The maximum Gasteiger partial charge on any atom is 0.258 e. The molecule has 0 heterocycles. The van der Waals surface area contributed by atoms with E-state index in [4.69, 9.17) is 4.74 Å². The van der Waals surface area contributed by atoms with Gasteiger partial charge >= 0.3 is 0 Å². The number of carbonyl (C=O) groups excluding carboxylic acids is 2. The summed E-state index contributed by atoms with van der Waals surface area (Å²) in [5.41, 5.74) is 3.41. The number of amides is 2. The smallest absolute Gasteiger partial charge is 0.258 e. The Bertz CT molecular complexity index is 1290. The van der Waals surface area contributed by atoms with Crippen molar-refractivity contribution < 1.29 is 18.7 Å². The molecule has 0 aromatic heterocycles. The number of halogens is 1. The topological polar surface area (TPSA) is 58.6 Å². The van der Waals surface area contributed by atoms with Gasteiger partial charge in [0.15, 0.2) is 0 Å². The van der Waals surface area contributed by atoms with Crippen molar-refractivity contribution in [2.75, 3.05) is 17.3 Å². The zero-order valence-electron chi connectivity index (χ0n) is 19.3. The number of nitrogens with zero attached hydrogens (tertiary/aromatic N) is 1. The Kier molecular flexibility index (Phi) is 7.53. The molecule has 0 saturated heterocycles. The van der Waals surface area contributed by atoms with Gasteiger partial charge in [0.2, 0.25) is 5.91 Å². The summed E-state index contributed by atoms with van der Waals surface area (Å²) in [4.78, 5) is 27.7. The fourth-order valence-electron chi connectivity index (χ4n) is 3.69. The minimum absolute atomic E-state index is 0.143. The molecule has 0 saturated carbocycles. The van der Waals surface area contributed by atoms with Gasteiger partial charge in [-0.15, -0.1) is 0 Å². The lowest BCUT2D eigenvalue weighted by atomic mass is 10.1. The SMILES string of the molecule is COc1ccc(NC(=O)Cc2cccc(N(Cc3ccc(F)cc3)C(=O)c3ccccc3)c2)cc1. The van der Waals surface area contributed by atoms with E-state index in [1.807, 2.05) is 42.5 Å². The van der Waals surface area contributed by atoms with Crippen LogP contribution in [0.4, 0.5) is 15.8 Å². The van der Waals surface area contributed by atoms with Crippen LogP contribution in [0.2, 0.25) is 0 Å². The van der Waals surface area contributed by atoms with Gasteiger partial charge in [0.05, 0.1) is 20.1 Å². The van der Waals surface area contributed by atoms with Crippen LogP contribution in [0, 0.1) is 5.82 Å². The third kappa shape index (κ3) is 6.32. The van der Waals surface area contributed by atoms with Crippen LogP contribution in [0.5, 0.6) is 5.75 Å². The van der Waals surface area contributed by atoms with Gasteiger partial charge in [-0.1, -0.05) is 42.5 Å². The van der Waals surface area contributed by atoms with Gasteiger partial charge in [-0.05, 0) is 71.8 Å². The number of carbonyl (C=O) groups is 2. The summed E-state index contributed by atoms with van der Waals surface area (Å²) in [5, 5.41) is 2.87. The van der Waals surface area contributed by atoms with Crippen molar-refractivity contribution in [1.29, 1.82) is 0 Å². The average molecular weight is 469 g/mol. The van der Waals surface area contributed by atoms with Crippen molar-refractivity contribution in [2.24, 2.45) is 0 Å². The maximum atomic E-state index is 13.4. The van der Waals surface area contributed by atoms with Crippen LogP contribution in [0.3, 0.4) is 0 Å². The van der Waals surface area contributed by atoms with E-state index in [0.29, 0.717) is 22.7 Å². The second kappa shape index (κ2) is 11.1. The molecule has 176 valence electrons. The first-order chi connectivity index (χ1) is 17.0. The van der Waals surface area contributed by atoms with Gasteiger partial charge in [-0.25, -0.2) is 4.39 Å².